The Morgan fingerprint density at radius 3 is 2.09 bits per heavy atom. The van der Waals surface area contributed by atoms with Gasteiger partial charge >= 0.3 is 6.01 Å². The van der Waals surface area contributed by atoms with Crippen LogP contribution < -0.4 is 16.2 Å². The van der Waals surface area contributed by atoms with E-state index in [9.17, 15) is 40.9 Å². The monoisotopic (exact) mass is 632 g/mol. The number of rotatable bonds is 10. The van der Waals surface area contributed by atoms with Crippen LogP contribution in [0.1, 0.15) is 18.1 Å². The van der Waals surface area contributed by atoms with Crippen LogP contribution in [0.5, 0.6) is 11.9 Å². The van der Waals surface area contributed by atoms with Gasteiger partial charge in [0, 0.05) is 23.5 Å². The summed E-state index contributed by atoms with van der Waals surface area (Å²) in [5.41, 5.74) is -1.53. The molecule has 0 amide bonds. The Kier molecular flexibility index (Phi) is 8.71. The van der Waals surface area contributed by atoms with E-state index in [0.717, 1.165) is 16.7 Å². The molecular weight excluding hydrogens is 608 g/mol. The Balaban J connectivity index is 1.76. The van der Waals surface area contributed by atoms with Crippen LogP contribution in [0.2, 0.25) is 0 Å². The number of para-hydroxylation sites is 1. The molecule has 0 unspecified atom stereocenters. The average Bonchev–Trinajstić information content (AvgIpc) is 2.90. The molecule has 2 aromatic carbocycles. The molecule has 4 aromatic rings. The van der Waals surface area contributed by atoms with Crippen molar-refractivity contribution in [2.24, 2.45) is 10.2 Å². The van der Waals surface area contributed by atoms with Crippen molar-refractivity contribution in [3.05, 3.63) is 70.0 Å². The van der Waals surface area contributed by atoms with Crippen molar-refractivity contribution in [2.75, 3.05) is 10.6 Å². The summed E-state index contributed by atoms with van der Waals surface area (Å²) >= 11 is 0. The minimum atomic E-state index is -4.85. The number of aromatic hydroxyl groups is 2. The first-order valence-electron chi connectivity index (χ1n) is 12.1. The molecule has 0 atom stereocenters. The summed E-state index contributed by atoms with van der Waals surface area (Å²) in [5, 5.41) is 34.0. The summed E-state index contributed by atoms with van der Waals surface area (Å²) in [7, 11) is -9.51. The predicted octanol–water partition coefficient (Wildman–Crippen LogP) is 3.31. The SMILES string of the molecule is CCn1c(O)c(N=Nc2cc(Nc3nc(O)nc(Nc4ccccc4)n3)ccc2S(=O)(=O)O)c(C)c(CS(=O)(=O)O)c1=O. The van der Waals surface area contributed by atoms with Gasteiger partial charge in [-0.2, -0.15) is 31.8 Å². The fourth-order valence-corrected chi connectivity index (χ4v) is 5.18. The number of azo groups is 1. The molecule has 0 aliphatic rings. The zero-order chi connectivity index (χ0) is 31.5. The topological polar surface area (TPSA) is 259 Å². The largest absolute Gasteiger partial charge is 0.493 e. The first-order valence-corrected chi connectivity index (χ1v) is 15.2. The fourth-order valence-electron chi connectivity index (χ4n) is 3.87. The molecule has 0 saturated heterocycles. The summed E-state index contributed by atoms with van der Waals surface area (Å²) in [5.74, 6) is -1.95. The lowest BCUT2D eigenvalue weighted by molar-refractivity contribution is 0.411. The second-order valence-electron chi connectivity index (χ2n) is 8.81. The van der Waals surface area contributed by atoms with Crippen molar-refractivity contribution in [1.29, 1.82) is 0 Å². The van der Waals surface area contributed by atoms with Crippen LogP contribution in [-0.4, -0.2) is 55.7 Å². The highest BCUT2D eigenvalue weighted by Gasteiger charge is 2.23. The first kappa shape index (κ1) is 31.0. The Morgan fingerprint density at radius 1 is 0.884 bits per heavy atom. The molecule has 6 N–H and O–H groups in total. The van der Waals surface area contributed by atoms with Crippen LogP contribution in [0, 0.1) is 6.92 Å². The molecule has 0 bridgehead atoms. The number of nitrogens with zero attached hydrogens (tertiary/aromatic N) is 6. The van der Waals surface area contributed by atoms with E-state index in [2.05, 4.69) is 35.8 Å². The van der Waals surface area contributed by atoms with E-state index in [1.165, 1.54) is 19.9 Å². The lowest BCUT2D eigenvalue weighted by Gasteiger charge is -2.14. The lowest BCUT2D eigenvalue weighted by Crippen LogP contribution is -2.26. The third kappa shape index (κ3) is 7.46. The van der Waals surface area contributed by atoms with E-state index >= 15 is 0 Å². The van der Waals surface area contributed by atoms with Crippen molar-refractivity contribution in [2.45, 2.75) is 31.0 Å². The minimum absolute atomic E-state index is 0.0200. The fraction of sp³-hybridized carbons (Fsp3) is 0.167. The Bertz CT molecular complexity index is 2000. The smallest absolute Gasteiger partial charge is 0.320 e. The van der Waals surface area contributed by atoms with Gasteiger partial charge < -0.3 is 20.8 Å². The maximum atomic E-state index is 12.7. The number of hydrogen-bond donors (Lipinski definition) is 6. The third-order valence-corrected chi connectivity index (χ3v) is 7.38. The van der Waals surface area contributed by atoms with E-state index in [1.807, 2.05) is 0 Å². The lowest BCUT2D eigenvalue weighted by atomic mass is 10.1. The number of nitrogens with one attached hydrogen (secondary N) is 2. The molecule has 226 valence electrons. The Morgan fingerprint density at radius 2 is 1.51 bits per heavy atom. The third-order valence-electron chi connectivity index (χ3n) is 5.83. The van der Waals surface area contributed by atoms with Crippen LogP contribution in [0.15, 0.2) is 68.4 Å². The van der Waals surface area contributed by atoms with E-state index < -0.39 is 65.3 Å². The number of hydrogen-bond acceptors (Lipinski definition) is 14. The second-order valence-corrected chi connectivity index (χ2v) is 11.7. The molecular formula is C24H24N8O9S2. The Labute approximate surface area is 244 Å². The quantitative estimate of drug-likeness (QED) is 0.108. The first-order chi connectivity index (χ1) is 20.2. The maximum absolute atomic E-state index is 12.7. The molecule has 0 saturated carbocycles. The van der Waals surface area contributed by atoms with Gasteiger partial charge in [-0.1, -0.05) is 18.2 Å². The molecule has 0 fully saturated rings. The van der Waals surface area contributed by atoms with E-state index in [0.29, 0.717) is 5.69 Å². The summed E-state index contributed by atoms with van der Waals surface area (Å²) in [4.78, 5) is 23.7. The summed E-state index contributed by atoms with van der Waals surface area (Å²) in [6, 6.07) is 11.5. The van der Waals surface area contributed by atoms with Crippen molar-refractivity contribution >= 4 is 54.9 Å². The molecule has 2 heterocycles. The normalized spacial score (nSPS) is 12.0. The number of benzene rings is 2. The predicted molar refractivity (Wildman–Crippen MR) is 153 cm³/mol. The van der Waals surface area contributed by atoms with E-state index in [4.69, 9.17) is 0 Å². The molecule has 0 spiro atoms. The summed E-state index contributed by atoms with van der Waals surface area (Å²) in [6.07, 6.45) is 0. The Hall–Kier alpha value is -4.98. The van der Waals surface area contributed by atoms with Gasteiger partial charge in [0.25, 0.3) is 25.8 Å². The summed E-state index contributed by atoms with van der Waals surface area (Å²) < 4.78 is 67.0. The van der Waals surface area contributed by atoms with Crippen LogP contribution in [0.3, 0.4) is 0 Å². The van der Waals surface area contributed by atoms with Gasteiger partial charge in [0.1, 0.15) is 22.0 Å². The molecule has 0 aliphatic carbocycles. The van der Waals surface area contributed by atoms with E-state index in [1.54, 1.807) is 30.3 Å². The van der Waals surface area contributed by atoms with Gasteiger partial charge in [-0.15, -0.1) is 10.2 Å². The van der Waals surface area contributed by atoms with Crippen LogP contribution >= 0.6 is 0 Å². The molecule has 0 radical (unpaired) electrons. The van der Waals surface area contributed by atoms with Crippen molar-refractivity contribution in [3.8, 4) is 11.9 Å². The van der Waals surface area contributed by atoms with Crippen molar-refractivity contribution < 1.29 is 36.2 Å². The second kappa shape index (κ2) is 12.1. The van der Waals surface area contributed by atoms with Gasteiger partial charge in [-0.3, -0.25) is 18.5 Å². The van der Waals surface area contributed by atoms with Crippen LogP contribution in [-0.2, 0) is 32.5 Å². The summed E-state index contributed by atoms with van der Waals surface area (Å²) in [6.45, 7) is 2.63. The maximum Gasteiger partial charge on any atom is 0.320 e. The van der Waals surface area contributed by atoms with Crippen LogP contribution in [0.25, 0.3) is 0 Å². The van der Waals surface area contributed by atoms with Crippen molar-refractivity contribution in [3.63, 3.8) is 0 Å². The molecule has 19 heteroatoms. The van der Waals surface area contributed by atoms with E-state index in [-0.39, 0.29) is 29.7 Å². The standard InChI is InChI=1S/C24H24N8O9S2/c1-3-32-20(33)16(12-42(36,37)38)13(2)19(21(32)34)31-30-17-11-15(9-10-18(17)43(39,40)41)26-23-27-22(28-24(35)29-23)25-14-7-5-4-6-8-14/h4-11,34H,3,12H2,1-2H3,(H,36,37,38)(H,39,40,41)(H3,25,26,27,28,29,35). The molecule has 4 rings (SSSR count). The van der Waals surface area contributed by atoms with Crippen LogP contribution in [0.4, 0.5) is 34.6 Å². The number of aromatic nitrogens is 4. The molecule has 43 heavy (non-hydrogen) atoms. The highest BCUT2D eigenvalue weighted by Crippen LogP contribution is 2.35. The average molecular weight is 633 g/mol. The number of pyridine rings is 1. The molecule has 17 nitrogen and oxygen atoms in total. The highest BCUT2D eigenvalue weighted by atomic mass is 32.2. The van der Waals surface area contributed by atoms with Gasteiger partial charge in [0.2, 0.25) is 17.8 Å². The minimum Gasteiger partial charge on any atom is -0.493 e. The number of anilines is 4. The zero-order valence-corrected chi connectivity index (χ0v) is 24.0. The molecule has 2 aromatic heterocycles. The van der Waals surface area contributed by atoms with Gasteiger partial charge in [0.05, 0.1) is 0 Å². The van der Waals surface area contributed by atoms with Crippen molar-refractivity contribution in [1.82, 2.24) is 19.5 Å². The highest BCUT2D eigenvalue weighted by molar-refractivity contribution is 7.86. The van der Waals surface area contributed by atoms with Gasteiger partial charge in [-0.05, 0) is 49.7 Å². The van der Waals surface area contributed by atoms with Gasteiger partial charge in [0.15, 0.2) is 0 Å². The molecule has 0 aliphatic heterocycles. The van der Waals surface area contributed by atoms with Gasteiger partial charge in [-0.25, -0.2) is 0 Å². The zero-order valence-electron chi connectivity index (χ0n) is 22.4.